The quantitative estimate of drug-likeness (QED) is 0.0308. The number of hydrogen-bond donors (Lipinski definition) is 6. The van der Waals surface area contributed by atoms with Gasteiger partial charge in [0.05, 0.1) is 12.1 Å². The van der Waals surface area contributed by atoms with Crippen molar-refractivity contribution in [3.8, 4) is 11.5 Å². The molecule has 2 aliphatic heterocycles. The lowest BCUT2D eigenvalue weighted by Gasteiger charge is -2.43. The molecule has 94 heavy (non-hydrogen) atoms. The first-order chi connectivity index (χ1) is 44.7. The molecule has 2 aromatic rings. The molecule has 0 aliphatic carbocycles. The molecule has 0 saturated carbocycles. The maximum absolute atomic E-state index is 12.9. The van der Waals surface area contributed by atoms with Crippen molar-refractivity contribution in [2.24, 2.45) is 11.5 Å². The van der Waals surface area contributed by atoms with Gasteiger partial charge in [0.15, 0.2) is 24.4 Å². The lowest BCUT2D eigenvalue weighted by Crippen LogP contribution is -2.63. The van der Waals surface area contributed by atoms with E-state index in [4.69, 9.17) is 68.3 Å². The van der Waals surface area contributed by atoms with E-state index in [2.05, 4.69) is 21.3 Å². The normalized spacial score (nSPS) is 21.2. The van der Waals surface area contributed by atoms with Gasteiger partial charge in [-0.05, 0) is 99.9 Å². The number of ether oxygens (including phenoxy) is 12. The molecule has 522 valence electrons. The predicted molar refractivity (Wildman–Crippen MR) is 331 cm³/mol. The topological polar surface area (TPSA) is 416 Å². The van der Waals surface area contributed by atoms with Crippen LogP contribution in [0, 0.1) is 0 Å². The van der Waals surface area contributed by atoms with Gasteiger partial charge < -0.3 is 89.6 Å². The predicted octanol–water partition coefficient (Wildman–Crippen LogP) is 4.32. The average molecular weight is 1330 g/mol. The highest BCUT2D eigenvalue weighted by Gasteiger charge is 2.55. The SMILES string of the molecule is CC(=O)OC[C@H]1O[C@@H](Oc2ccc(NC(=O)[C@@H](N)CCCCNC(=O)CCCCCCCCCCC(=O)NCCCC[C@H](N)C(=O)Nc3ccc(O[C@@H]4O[C@H](COC(C)=O)[C@@H](OC(C)=O)[C@H](OC(C)=O)[C@H]4OC(C)=O)cc3)cc2)[C@H](OC(C)=O)[C@@H](OC(C)=O)[C@@H]1OC(C)=O. The van der Waals surface area contributed by atoms with Gasteiger partial charge in [-0.1, -0.05) is 38.5 Å². The van der Waals surface area contributed by atoms with E-state index in [0.717, 1.165) is 107 Å². The van der Waals surface area contributed by atoms with Crippen molar-refractivity contribution < 1.29 is 114 Å². The van der Waals surface area contributed by atoms with E-state index in [1.54, 1.807) is 0 Å². The van der Waals surface area contributed by atoms with E-state index in [-0.39, 0.29) is 23.3 Å². The molecule has 0 unspecified atom stereocenters. The number of amides is 4. The summed E-state index contributed by atoms with van der Waals surface area (Å²) in [6, 6.07) is 10.5. The largest absolute Gasteiger partial charge is 0.463 e. The smallest absolute Gasteiger partial charge is 0.303 e. The molecule has 2 saturated heterocycles. The van der Waals surface area contributed by atoms with Crippen molar-refractivity contribution >= 4 is 82.8 Å². The van der Waals surface area contributed by atoms with Crippen molar-refractivity contribution in [2.75, 3.05) is 36.9 Å². The Labute approximate surface area is 546 Å². The number of esters is 8. The maximum Gasteiger partial charge on any atom is 0.303 e. The van der Waals surface area contributed by atoms with Gasteiger partial charge in [0, 0.05) is 92.7 Å². The summed E-state index contributed by atoms with van der Waals surface area (Å²) in [7, 11) is 0. The van der Waals surface area contributed by atoms with Gasteiger partial charge in [0.1, 0.15) is 36.9 Å². The van der Waals surface area contributed by atoms with E-state index in [0.29, 0.717) is 75.8 Å². The van der Waals surface area contributed by atoms with Crippen LogP contribution in [-0.4, -0.2) is 171 Å². The molecule has 0 spiro atoms. The third-order valence-electron chi connectivity index (χ3n) is 14.4. The Balaban J connectivity index is 1.02. The summed E-state index contributed by atoms with van der Waals surface area (Å²) in [5, 5.41) is 11.3. The summed E-state index contributed by atoms with van der Waals surface area (Å²) in [4.78, 5) is 147. The Kier molecular flexibility index (Phi) is 34.2. The van der Waals surface area contributed by atoms with Gasteiger partial charge in [0.25, 0.3) is 0 Å². The number of carbonyl (C=O) groups excluding carboxylic acids is 12. The molecule has 4 amide bonds. The van der Waals surface area contributed by atoms with Crippen molar-refractivity contribution in [3.63, 3.8) is 0 Å². The van der Waals surface area contributed by atoms with Crippen LogP contribution in [0.3, 0.4) is 0 Å². The summed E-state index contributed by atoms with van der Waals surface area (Å²) in [5.41, 5.74) is 13.1. The third-order valence-corrected chi connectivity index (χ3v) is 14.4. The molecule has 30 nitrogen and oxygen atoms in total. The Morgan fingerprint density at radius 1 is 0.383 bits per heavy atom. The first-order valence-corrected chi connectivity index (χ1v) is 31.5. The summed E-state index contributed by atoms with van der Waals surface area (Å²) in [5.74, 6) is -6.59. The Morgan fingerprint density at radius 2 is 0.681 bits per heavy atom. The van der Waals surface area contributed by atoms with Crippen LogP contribution in [0.2, 0.25) is 0 Å². The first kappa shape index (κ1) is 78.0. The van der Waals surface area contributed by atoms with Crippen LogP contribution >= 0.6 is 0 Å². The number of rotatable bonds is 39. The lowest BCUT2D eigenvalue weighted by atomic mass is 9.98. The molecule has 0 radical (unpaired) electrons. The zero-order chi connectivity index (χ0) is 69.3. The second kappa shape index (κ2) is 41.3. The van der Waals surface area contributed by atoms with E-state index < -0.39 is 146 Å². The van der Waals surface area contributed by atoms with Crippen LogP contribution in [0.1, 0.15) is 158 Å². The minimum atomic E-state index is -1.44. The Morgan fingerprint density at radius 3 is 0.989 bits per heavy atom. The number of anilines is 2. The molecule has 30 heteroatoms. The number of unbranched alkanes of at least 4 members (excludes halogenated alkanes) is 9. The summed E-state index contributed by atoms with van der Waals surface area (Å²) in [6.45, 7) is 9.05. The average Bonchev–Trinajstić information content (AvgIpc) is 0.794. The molecule has 2 heterocycles. The number of nitrogens with one attached hydrogen (secondary N) is 4. The molecule has 2 fully saturated rings. The number of benzene rings is 2. The molecule has 8 N–H and O–H groups in total. The van der Waals surface area contributed by atoms with Crippen LogP contribution in [0.5, 0.6) is 11.5 Å². The fraction of sp³-hybridized carbons (Fsp3) is 0.625. The van der Waals surface area contributed by atoms with Crippen molar-refractivity contribution in [2.45, 2.75) is 232 Å². The van der Waals surface area contributed by atoms with E-state index >= 15 is 0 Å². The molecular formula is C64H92N6O24. The minimum Gasteiger partial charge on any atom is -0.463 e. The second-order valence-corrected chi connectivity index (χ2v) is 22.6. The van der Waals surface area contributed by atoms with Crippen LogP contribution in [0.25, 0.3) is 0 Å². The molecule has 4 rings (SSSR count). The van der Waals surface area contributed by atoms with Crippen molar-refractivity contribution in [1.82, 2.24) is 10.6 Å². The molecular weight excluding hydrogens is 1240 g/mol. The Bertz CT molecular complexity index is 2640. The molecule has 2 aliphatic rings. The molecule has 0 bridgehead atoms. The number of carbonyl (C=O) groups is 12. The fourth-order valence-electron chi connectivity index (χ4n) is 10.0. The summed E-state index contributed by atoms with van der Waals surface area (Å²) < 4.78 is 66.7. The number of hydrogen-bond acceptors (Lipinski definition) is 26. The van der Waals surface area contributed by atoms with Crippen LogP contribution in [0.15, 0.2) is 48.5 Å². The van der Waals surface area contributed by atoms with Crippen LogP contribution in [0.4, 0.5) is 11.4 Å². The summed E-state index contributed by atoms with van der Waals surface area (Å²) >= 11 is 0. The van der Waals surface area contributed by atoms with E-state index in [9.17, 15) is 57.5 Å². The molecule has 12 atom stereocenters. The Hall–Kier alpha value is -8.48. The fourth-order valence-corrected chi connectivity index (χ4v) is 10.0. The van der Waals surface area contributed by atoms with Crippen LogP contribution < -0.4 is 42.2 Å². The maximum atomic E-state index is 12.9. The third kappa shape index (κ3) is 29.6. The van der Waals surface area contributed by atoms with Gasteiger partial charge in [0.2, 0.25) is 48.4 Å². The van der Waals surface area contributed by atoms with Crippen molar-refractivity contribution in [1.29, 1.82) is 0 Å². The highest BCUT2D eigenvalue weighted by Crippen LogP contribution is 2.34. The van der Waals surface area contributed by atoms with Gasteiger partial charge in [-0.25, -0.2) is 0 Å². The molecule has 0 aromatic heterocycles. The second-order valence-electron chi connectivity index (χ2n) is 22.6. The number of nitrogens with two attached hydrogens (primary N) is 2. The summed E-state index contributed by atoms with van der Waals surface area (Å²) in [6.07, 6.45) is -2.19. The zero-order valence-electron chi connectivity index (χ0n) is 54.6. The van der Waals surface area contributed by atoms with Gasteiger partial charge in [-0.2, -0.15) is 0 Å². The highest BCUT2D eigenvalue weighted by molar-refractivity contribution is 5.95. The van der Waals surface area contributed by atoms with Gasteiger partial charge in [-0.3, -0.25) is 57.5 Å². The monoisotopic (exact) mass is 1330 g/mol. The highest BCUT2D eigenvalue weighted by atomic mass is 16.7. The van der Waals surface area contributed by atoms with Gasteiger partial charge in [-0.15, -0.1) is 0 Å². The van der Waals surface area contributed by atoms with Crippen LogP contribution in [-0.2, 0) is 105 Å². The minimum absolute atomic E-state index is 0.0374. The van der Waals surface area contributed by atoms with Crippen molar-refractivity contribution in [3.05, 3.63) is 48.5 Å². The first-order valence-electron chi connectivity index (χ1n) is 31.5. The lowest BCUT2D eigenvalue weighted by molar-refractivity contribution is -0.288. The van der Waals surface area contributed by atoms with E-state index in [1.165, 1.54) is 48.5 Å². The van der Waals surface area contributed by atoms with E-state index in [1.807, 2.05) is 0 Å². The van der Waals surface area contributed by atoms with Gasteiger partial charge >= 0.3 is 47.8 Å². The standard InChI is InChI=1S/C64H92N6O24/c1-37(71)83-35-51-55(85-39(3)73)57(87-41(5)75)59(89-43(7)77)63(93-51)91-47-29-25-45(26-30-47)69-61(81)49(65)21-17-19-33-67-53(79)23-15-13-11-9-10-12-14-16-24-54(80)68-34-20-18-22-50(66)62(82)70-46-27-31-48(32-28-46)92-64-60(90-44(8)78)58(88-42(6)76)56(86-40(4)74)52(94-64)36-84-38(2)72/h25-32,49-52,55-60,63-64H,9-24,33-36,65-66H2,1-8H3,(H,67,79)(H,68,80)(H,69,81)(H,70,82)/t49-,50-,51+,52+,55+,56+,57-,58-,59+,60+,63+,64+/m0/s1. The molecule has 2 aromatic carbocycles. The zero-order valence-corrected chi connectivity index (χ0v) is 54.6.